The first kappa shape index (κ1) is 15.9. The van der Waals surface area contributed by atoms with Crippen LogP contribution in [0.25, 0.3) is 0 Å². The van der Waals surface area contributed by atoms with Crippen LogP contribution in [0, 0.1) is 5.41 Å². The summed E-state index contributed by atoms with van der Waals surface area (Å²) in [7, 11) is 0. The smallest absolute Gasteiger partial charge is 0.124 e. The standard InChI is InChI=1S/C13H19FN2O.C2H6/c1-10-3-2-4-11(9-12(10)14)13(15)16-5-7-17-8-6-16;1-2/h9,15H,2-8H2,1H3;1-2H3. The number of halogens is 1. The summed E-state index contributed by atoms with van der Waals surface area (Å²) in [5.41, 5.74) is 1.62. The predicted molar refractivity (Wildman–Crippen MR) is 77.2 cm³/mol. The van der Waals surface area contributed by atoms with Crippen LogP contribution in [-0.2, 0) is 4.74 Å². The van der Waals surface area contributed by atoms with Gasteiger partial charge in [0.15, 0.2) is 0 Å². The quantitative estimate of drug-likeness (QED) is 0.582. The number of amidine groups is 1. The Bertz CT molecular complexity index is 368. The second-order valence-electron chi connectivity index (χ2n) is 4.60. The fraction of sp³-hybridized carbons (Fsp3) is 0.667. The van der Waals surface area contributed by atoms with Gasteiger partial charge >= 0.3 is 0 Å². The minimum Gasteiger partial charge on any atom is -0.378 e. The Labute approximate surface area is 115 Å². The molecule has 0 aromatic rings. The summed E-state index contributed by atoms with van der Waals surface area (Å²) in [5, 5.41) is 8.14. The van der Waals surface area contributed by atoms with E-state index in [0.29, 0.717) is 19.0 Å². The van der Waals surface area contributed by atoms with Crippen LogP contribution in [0.5, 0.6) is 0 Å². The van der Waals surface area contributed by atoms with Gasteiger partial charge in [-0.05, 0) is 43.4 Å². The molecule has 0 saturated carbocycles. The van der Waals surface area contributed by atoms with Crippen LogP contribution in [0.2, 0.25) is 0 Å². The lowest BCUT2D eigenvalue weighted by atomic mass is 10.1. The molecule has 0 unspecified atom stereocenters. The highest BCUT2D eigenvalue weighted by Gasteiger charge is 2.19. The summed E-state index contributed by atoms with van der Waals surface area (Å²) in [6.45, 7) is 8.62. The third kappa shape index (κ3) is 4.46. The van der Waals surface area contributed by atoms with Crippen LogP contribution in [0.15, 0.2) is 23.0 Å². The molecule has 19 heavy (non-hydrogen) atoms. The number of hydrogen-bond donors (Lipinski definition) is 1. The van der Waals surface area contributed by atoms with Gasteiger partial charge in [0.05, 0.1) is 13.2 Å². The molecule has 2 aliphatic rings. The molecule has 0 bridgehead atoms. The van der Waals surface area contributed by atoms with E-state index in [1.807, 2.05) is 25.7 Å². The zero-order chi connectivity index (χ0) is 14.3. The molecule has 1 N–H and O–H groups in total. The van der Waals surface area contributed by atoms with Crippen LogP contribution in [0.4, 0.5) is 4.39 Å². The Morgan fingerprint density at radius 2 is 1.89 bits per heavy atom. The maximum Gasteiger partial charge on any atom is 0.124 e. The predicted octanol–water partition coefficient (Wildman–Crippen LogP) is 3.68. The highest BCUT2D eigenvalue weighted by molar-refractivity contribution is 5.96. The third-order valence-electron chi connectivity index (χ3n) is 3.34. The van der Waals surface area contributed by atoms with Crippen LogP contribution in [-0.4, -0.2) is 37.0 Å². The van der Waals surface area contributed by atoms with E-state index in [4.69, 9.17) is 10.1 Å². The lowest BCUT2D eigenvalue weighted by Crippen LogP contribution is -2.41. The lowest BCUT2D eigenvalue weighted by Gasteiger charge is -2.30. The van der Waals surface area contributed by atoms with Gasteiger partial charge in [-0.25, -0.2) is 4.39 Å². The van der Waals surface area contributed by atoms with Crippen molar-refractivity contribution in [3.8, 4) is 0 Å². The van der Waals surface area contributed by atoms with Crippen LogP contribution in [0.1, 0.15) is 40.0 Å². The van der Waals surface area contributed by atoms with Gasteiger partial charge in [0, 0.05) is 13.1 Å². The Morgan fingerprint density at radius 3 is 2.53 bits per heavy atom. The number of nitrogens with one attached hydrogen (secondary N) is 1. The van der Waals surface area contributed by atoms with Gasteiger partial charge in [-0.3, -0.25) is 5.41 Å². The molecule has 108 valence electrons. The number of rotatable bonds is 1. The van der Waals surface area contributed by atoms with Crippen molar-refractivity contribution in [1.82, 2.24) is 4.90 Å². The molecule has 0 radical (unpaired) electrons. The summed E-state index contributed by atoms with van der Waals surface area (Å²) in [4.78, 5) is 1.98. The minimum absolute atomic E-state index is 0.157. The maximum absolute atomic E-state index is 13.7. The third-order valence-corrected chi connectivity index (χ3v) is 3.34. The lowest BCUT2D eigenvalue weighted by molar-refractivity contribution is 0.0678. The molecular formula is C15H25FN2O. The molecule has 1 aliphatic heterocycles. The van der Waals surface area contributed by atoms with Gasteiger partial charge < -0.3 is 9.64 Å². The first-order valence-corrected chi connectivity index (χ1v) is 7.16. The van der Waals surface area contributed by atoms with Crippen LogP contribution >= 0.6 is 0 Å². The number of morpholine rings is 1. The van der Waals surface area contributed by atoms with Crippen LogP contribution in [0.3, 0.4) is 0 Å². The molecule has 4 heteroatoms. The summed E-state index contributed by atoms with van der Waals surface area (Å²) in [5.74, 6) is 0.314. The van der Waals surface area contributed by atoms with E-state index < -0.39 is 0 Å². The van der Waals surface area contributed by atoms with Gasteiger partial charge in [-0.2, -0.15) is 0 Å². The van der Waals surface area contributed by atoms with E-state index in [0.717, 1.165) is 43.5 Å². The maximum atomic E-state index is 13.7. The van der Waals surface area contributed by atoms with E-state index in [1.165, 1.54) is 0 Å². The monoisotopic (exact) mass is 268 g/mol. The zero-order valence-electron chi connectivity index (χ0n) is 12.3. The molecule has 1 fully saturated rings. The van der Waals surface area contributed by atoms with Crippen molar-refractivity contribution in [2.45, 2.75) is 40.0 Å². The average molecular weight is 268 g/mol. The average Bonchev–Trinajstić information content (AvgIpc) is 2.63. The second-order valence-corrected chi connectivity index (χ2v) is 4.60. The van der Waals surface area contributed by atoms with Gasteiger partial charge in [-0.15, -0.1) is 0 Å². The molecule has 0 aromatic heterocycles. The summed E-state index contributed by atoms with van der Waals surface area (Å²) in [6, 6.07) is 0. The molecule has 1 heterocycles. The highest BCUT2D eigenvalue weighted by Crippen LogP contribution is 2.24. The number of ether oxygens (including phenoxy) is 1. The Morgan fingerprint density at radius 1 is 1.26 bits per heavy atom. The molecule has 0 aromatic carbocycles. The van der Waals surface area contributed by atoms with Crippen molar-refractivity contribution < 1.29 is 9.13 Å². The van der Waals surface area contributed by atoms with Crippen molar-refractivity contribution in [3.63, 3.8) is 0 Å². The Balaban J connectivity index is 0.000000861. The van der Waals surface area contributed by atoms with E-state index in [-0.39, 0.29) is 5.83 Å². The Kier molecular flexibility index (Phi) is 6.78. The van der Waals surface area contributed by atoms with E-state index in [1.54, 1.807) is 6.08 Å². The molecule has 1 aliphatic carbocycles. The van der Waals surface area contributed by atoms with Crippen molar-refractivity contribution in [2.24, 2.45) is 0 Å². The normalized spacial score (nSPS) is 20.2. The zero-order valence-corrected chi connectivity index (χ0v) is 12.3. The molecule has 2 rings (SSSR count). The summed E-state index contributed by atoms with van der Waals surface area (Å²) < 4.78 is 18.9. The number of nitrogens with zero attached hydrogens (tertiary/aromatic N) is 1. The largest absolute Gasteiger partial charge is 0.378 e. The molecule has 1 saturated heterocycles. The number of hydrogen-bond acceptors (Lipinski definition) is 2. The fourth-order valence-electron chi connectivity index (χ4n) is 2.19. The molecular weight excluding hydrogens is 243 g/mol. The molecule has 0 spiro atoms. The van der Waals surface area contributed by atoms with E-state index in [2.05, 4.69) is 0 Å². The topological polar surface area (TPSA) is 36.3 Å². The van der Waals surface area contributed by atoms with E-state index >= 15 is 0 Å². The van der Waals surface area contributed by atoms with Gasteiger partial charge in [0.2, 0.25) is 0 Å². The summed E-state index contributed by atoms with van der Waals surface area (Å²) >= 11 is 0. The van der Waals surface area contributed by atoms with Crippen molar-refractivity contribution >= 4 is 5.84 Å². The van der Waals surface area contributed by atoms with Gasteiger partial charge in [0.1, 0.15) is 11.7 Å². The molecule has 0 atom stereocenters. The first-order chi connectivity index (χ1) is 9.18. The Hall–Kier alpha value is -1.16. The van der Waals surface area contributed by atoms with Crippen LogP contribution < -0.4 is 0 Å². The summed E-state index contributed by atoms with van der Waals surface area (Å²) in [6.07, 6.45) is 4.06. The van der Waals surface area contributed by atoms with Gasteiger partial charge in [0.25, 0.3) is 0 Å². The minimum atomic E-state index is -0.157. The highest BCUT2D eigenvalue weighted by atomic mass is 19.1. The first-order valence-electron chi connectivity index (χ1n) is 7.16. The fourth-order valence-corrected chi connectivity index (χ4v) is 2.19. The van der Waals surface area contributed by atoms with Crippen molar-refractivity contribution in [2.75, 3.05) is 26.3 Å². The number of allylic oxidation sites excluding steroid dienone is 3. The van der Waals surface area contributed by atoms with Gasteiger partial charge in [-0.1, -0.05) is 13.8 Å². The second kappa shape index (κ2) is 8.10. The SMILES string of the molecule is CC.CC1=C(F)C=C(C(=N)N2CCOCC2)CCC1. The van der Waals surface area contributed by atoms with E-state index in [9.17, 15) is 4.39 Å². The van der Waals surface area contributed by atoms with Crippen molar-refractivity contribution in [1.29, 1.82) is 5.41 Å². The molecule has 0 amide bonds. The molecule has 3 nitrogen and oxygen atoms in total. The van der Waals surface area contributed by atoms with Crippen molar-refractivity contribution in [3.05, 3.63) is 23.0 Å².